The second kappa shape index (κ2) is 9.45. The molecule has 0 aliphatic heterocycles. The van der Waals surface area contributed by atoms with E-state index in [1.165, 1.54) is 35.7 Å². The normalized spacial score (nSPS) is 11.4. The van der Waals surface area contributed by atoms with Crippen molar-refractivity contribution in [2.45, 2.75) is 11.3 Å². The van der Waals surface area contributed by atoms with E-state index in [4.69, 9.17) is 11.6 Å². The van der Waals surface area contributed by atoms with E-state index in [1.807, 2.05) is 0 Å². The molecule has 0 spiro atoms. The number of ketones is 1. The van der Waals surface area contributed by atoms with Gasteiger partial charge in [-0.05, 0) is 36.8 Å². The maximum Gasteiger partial charge on any atom is 0.240 e. The summed E-state index contributed by atoms with van der Waals surface area (Å²) in [5.41, 5.74) is 0.413. The minimum Gasteiger partial charge on any atom is -0.361 e. The maximum atomic E-state index is 13.2. The first-order valence-electron chi connectivity index (χ1n) is 8.61. The minimum atomic E-state index is -3.76. The summed E-state index contributed by atoms with van der Waals surface area (Å²) in [6, 6.07) is 11.6. The van der Waals surface area contributed by atoms with Gasteiger partial charge in [-0.3, -0.25) is 4.79 Å². The highest BCUT2D eigenvalue weighted by atomic mass is 35.5. The lowest BCUT2D eigenvalue weighted by molar-refractivity contribution is 0.104. The Labute approximate surface area is 176 Å². The van der Waals surface area contributed by atoms with Gasteiger partial charge >= 0.3 is 0 Å². The van der Waals surface area contributed by atoms with Gasteiger partial charge in [0.05, 0.1) is 21.0 Å². The fraction of sp³-hybridized carbons (Fsp3) is 0.158. The van der Waals surface area contributed by atoms with Gasteiger partial charge in [0.25, 0.3) is 0 Å². The SMILES string of the molecule is O=C(c1cnc(NCCCNS(=O)(=O)c2cccc(F)c2)s1)c1ccccc1Cl. The highest BCUT2D eigenvalue weighted by Gasteiger charge is 2.16. The number of halogens is 2. The first-order chi connectivity index (χ1) is 13.9. The van der Waals surface area contributed by atoms with Gasteiger partial charge in [0.1, 0.15) is 5.82 Å². The van der Waals surface area contributed by atoms with Crippen molar-refractivity contribution in [3.63, 3.8) is 0 Å². The van der Waals surface area contributed by atoms with Gasteiger partial charge in [0, 0.05) is 18.7 Å². The molecule has 29 heavy (non-hydrogen) atoms. The van der Waals surface area contributed by atoms with Crippen molar-refractivity contribution in [3.05, 3.63) is 76.0 Å². The molecule has 0 aliphatic carbocycles. The fourth-order valence-electron chi connectivity index (χ4n) is 2.45. The summed E-state index contributed by atoms with van der Waals surface area (Å²) in [5.74, 6) is -0.815. The van der Waals surface area contributed by atoms with Crippen molar-refractivity contribution in [2.24, 2.45) is 0 Å². The molecule has 0 fully saturated rings. The second-order valence-electron chi connectivity index (χ2n) is 5.97. The molecule has 0 radical (unpaired) electrons. The lowest BCUT2D eigenvalue weighted by atomic mass is 10.1. The number of aromatic nitrogens is 1. The van der Waals surface area contributed by atoms with Crippen LogP contribution in [0.4, 0.5) is 9.52 Å². The number of carbonyl (C=O) groups is 1. The number of thiazole rings is 1. The number of sulfonamides is 1. The molecule has 0 saturated heterocycles. The first kappa shape index (κ1) is 21.4. The predicted octanol–water partition coefficient (Wildman–Crippen LogP) is 3.95. The quantitative estimate of drug-likeness (QED) is 0.378. The third kappa shape index (κ3) is 5.60. The standard InChI is InChI=1S/C19H17ClFN3O3S2/c20-16-8-2-1-7-15(16)18(25)17-12-23-19(28-17)22-9-4-10-24-29(26,27)14-6-3-5-13(21)11-14/h1-3,5-8,11-12,24H,4,9-10H2,(H,22,23). The van der Waals surface area contributed by atoms with Crippen LogP contribution >= 0.6 is 22.9 Å². The Hall–Kier alpha value is -2.33. The molecule has 0 atom stereocenters. The van der Waals surface area contributed by atoms with Crippen molar-refractivity contribution in [1.29, 1.82) is 0 Å². The van der Waals surface area contributed by atoms with Crippen LogP contribution in [0.2, 0.25) is 5.02 Å². The van der Waals surface area contributed by atoms with Gasteiger partial charge in [0.2, 0.25) is 15.8 Å². The summed E-state index contributed by atoms with van der Waals surface area (Å²) in [6.45, 7) is 0.613. The highest BCUT2D eigenvalue weighted by Crippen LogP contribution is 2.24. The molecule has 0 bridgehead atoms. The molecule has 3 aromatic rings. The molecule has 152 valence electrons. The van der Waals surface area contributed by atoms with Gasteiger partial charge in [-0.2, -0.15) is 0 Å². The second-order valence-corrected chi connectivity index (χ2v) is 9.18. The van der Waals surface area contributed by atoms with Gasteiger partial charge in [-0.1, -0.05) is 41.1 Å². The van der Waals surface area contributed by atoms with Crippen molar-refractivity contribution < 1.29 is 17.6 Å². The minimum absolute atomic E-state index is 0.117. The zero-order chi connectivity index (χ0) is 20.9. The average Bonchev–Trinajstić information content (AvgIpc) is 3.16. The van der Waals surface area contributed by atoms with Gasteiger partial charge < -0.3 is 5.32 Å². The van der Waals surface area contributed by atoms with E-state index in [-0.39, 0.29) is 17.2 Å². The van der Waals surface area contributed by atoms with Crippen LogP contribution in [0.1, 0.15) is 21.7 Å². The maximum absolute atomic E-state index is 13.2. The van der Waals surface area contributed by atoms with E-state index in [0.29, 0.717) is 33.6 Å². The molecular weight excluding hydrogens is 437 g/mol. The number of hydrogen-bond donors (Lipinski definition) is 2. The highest BCUT2D eigenvalue weighted by molar-refractivity contribution is 7.89. The molecule has 1 aromatic heterocycles. The van der Waals surface area contributed by atoms with E-state index >= 15 is 0 Å². The predicted molar refractivity (Wildman–Crippen MR) is 112 cm³/mol. The summed E-state index contributed by atoms with van der Waals surface area (Å²) in [5, 5.41) is 3.98. The Morgan fingerprint density at radius 2 is 1.93 bits per heavy atom. The summed E-state index contributed by atoms with van der Waals surface area (Å²) >= 11 is 7.25. The van der Waals surface area contributed by atoms with E-state index in [1.54, 1.807) is 24.3 Å². The summed E-state index contributed by atoms with van der Waals surface area (Å²) < 4.78 is 39.8. The number of anilines is 1. The summed E-state index contributed by atoms with van der Waals surface area (Å²) in [4.78, 5) is 17.0. The molecule has 2 aromatic carbocycles. The average molecular weight is 454 g/mol. The van der Waals surface area contributed by atoms with E-state index in [2.05, 4.69) is 15.0 Å². The molecule has 0 amide bonds. The van der Waals surface area contributed by atoms with Gasteiger partial charge in [0.15, 0.2) is 5.13 Å². The van der Waals surface area contributed by atoms with Crippen molar-refractivity contribution in [2.75, 3.05) is 18.4 Å². The van der Waals surface area contributed by atoms with E-state index in [0.717, 1.165) is 6.07 Å². The Morgan fingerprint density at radius 3 is 2.69 bits per heavy atom. The van der Waals surface area contributed by atoms with E-state index < -0.39 is 15.8 Å². The largest absolute Gasteiger partial charge is 0.361 e. The number of nitrogens with zero attached hydrogens (tertiary/aromatic N) is 1. The molecular formula is C19H17ClFN3O3S2. The fourth-order valence-corrected chi connectivity index (χ4v) is 4.57. The van der Waals surface area contributed by atoms with Crippen LogP contribution in [0.25, 0.3) is 0 Å². The van der Waals surface area contributed by atoms with E-state index in [9.17, 15) is 17.6 Å². The van der Waals surface area contributed by atoms with Crippen LogP contribution in [0.15, 0.2) is 59.6 Å². The number of hydrogen-bond acceptors (Lipinski definition) is 6. The summed E-state index contributed by atoms with van der Waals surface area (Å²) in [6.07, 6.45) is 1.95. The van der Waals surface area contributed by atoms with Crippen LogP contribution < -0.4 is 10.0 Å². The lowest BCUT2D eigenvalue weighted by Crippen LogP contribution is -2.26. The van der Waals surface area contributed by atoms with Crippen LogP contribution in [-0.2, 0) is 10.0 Å². The number of benzene rings is 2. The van der Waals surface area contributed by atoms with Crippen molar-refractivity contribution >= 4 is 43.9 Å². The van der Waals surface area contributed by atoms with Crippen molar-refractivity contribution in [3.8, 4) is 0 Å². The van der Waals surface area contributed by atoms with Crippen LogP contribution in [0, 0.1) is 5.82 Å². The molecule has 10 heteroatoms. The molecule has 2 N–H and O–H groups in total. The Bertz CT molecular complexity index is 1120. The lowest BCUT2D eigenvalue weighted by Gasteiger charge is -2.07. The molecule has 0 aliphatic rings. The number of rotatable bonds is 9. The van der Waals surface area contributed by atoms with Crippen LogP contribution in [0.3, 0.4) is 0 Å². The summed E-state index contributed by atoms with van der Waals surface area (Å²) in [7, 11) is -3.76. The first-order valence-corrected chi connectivity index (χ1v) is 11.3. The molecule has 0 saturated carbocycles. The molecule has 3 rings (SSSR count). The monoisotopic (exact) mass is 453 g/mol. The third-order valence-electron chi connectivity index (χ3n) is 3.88. The topological polar surface area (TPSA) is 88.2 Å². The number of carbonyl (C=O) groups excluding carboxylic acids is 1. The molecule has 0 unspecified atom stereocenters. The molecule has 6 nitrogen and oxygen atoms in total. The third-order valence-corrected chi connectivity index (χ3v) is 6.62. The Balaban J connectivity index is 1.48. The zero-order valence-electron chi connectivity index (χ0n) is 15.1. The Morgan fingerprint density at radius 1 is 1.14 bits per heavy atom. The number of nitrogens with one attached hydrogen (secondary N) is 2. The smallest absolute Gasteiger partial charge is 0.240 e. The van der Waals surface area contributed by atoms with Gasteiger partial charge in [-0.25, -0.2) is 22.5 Å². The van der Waals surface area contributed by atoms with Crippen LogP contribution in [0.5, 0.6) is 0 Å². The zero-order valence-corrected chi connectivity index (χ0v) is 17.5. The van der Waals surface area contributed by atoms with Gasteiger partial charge in [-0.15, -0.1) is 0 Å². The van der Waals surface area contributed by atoms with Crippen LogP contribution in [-0.4, -0.2) is 32.3 Å². The Kier molecular flexibility index (Phi) is 6.96. The molecule has 1 heterocycles. The van der Waals surface area contributed by atoms with Crippen molar-refractivity contribution in [1.82, 2.24) is 9.71 Å².